The van der Waals surface area contributed by atoms with Gasteiger partial charge in [-0.1, -0.05) is 0 Å². The van der Waals surface area contributed by atoms with Crippen LogP contribution in [-0.2, 0) is 17.5 Å². The van der Waals surface area contributed by atoms with Gasteiger partial charge in [-0.25, -0.2) is 9.97 Å². The number of aromatic nitrogens is 5. The summed E-state index contributed by atoms with van der Waals surface area (Å²) in [7, 11) is 0. The molecule has 2 N–H and O–H groups in total. The molecule has 6 rings (SSSR count). The zero-order chi connectivity index (χ0) is 29.4. The van der Waals surface area contributed by atoms with Crippen molar-refractivity contribution in [1.82, 2.24) is 29.0 Å². The number of benzene rings is 1. The Hall–Kier alpha value is -4.79. The highest BCUT2D eigenvalue weighted by atomic mass is 19.4. The van der Waals surface area contributed by atoms with Crippen molar-refractivity contribution >= 4 is 34.5 Å². The van der Waals surface area contributed by atoms with Gasteiger partial charge in [0.2, 0.25) is 0 Å². The second kappa shape index (κ2) is 10.9. The van der Waals surface area contributed by atoms with Crippen LogP contribution in [0, 0.1) is 0 Å². The van der Waals surface area contributed by atoms with Gasteiger partial charge in [0.25, 0.3) is 5.91 Å². The van der Waals surface area contributed by atoms with Crippen molar-refractivity contribution in [2.24, 2.45) is 10.2 Å². The van der Waals surface area contributed by atoms with Gasteiger partial charge in [0.05, 0.1) is 48.5 Å². The normalized spacial score (nSPS) is 16.0. The first-order chi connectivity index (χ1) is 20.2. The molecule has 1 amide bonds. The van der Waals surface area contributed by atoms with Crippen LogP contribution in [-0.4, -0.2) is 77.8 Å². The summed E-state index contributed by atoms with van der Waals surface area (Å²) in [6.07, 6.45) is 2.16. The van der Waals surface area contributed by atoms with Crippen molar-refractivity contribution in [2.75, 3.05) is 31.6 Å². The molecule has 1 saturated heterocycles. The first kappa shape index (κ1) is 27.4. The van der Waals surface area contributed by atoms with Crippen LogP contribution in [0.3, 0.4) is 0 Å². The van der Waals surface area contributed by atoms with Crippen molar-refractivity contribution < 1.29 is 27.8 Å². The summed E-state index contributed by atoms with van der Waals surface area (Å²) in [4.78, 5) is 23.0. The Balaban J connectivity index is 1.29. The van der Waals surface area contributed by atoms with E-state index in [1.165, 1.54) is 46.0 Å². The molecule has 2 aliphatic heterocycles. The van der Waals surface area contributed by atoms with Gasteiger partial charge in [-0.05, 0) is 31.9 Å². The molecule has 0 unspecified atom stereocenters. The number of imidazole rings is 1. The number of hydrogen-bond acceptors (Lipinski definition) is 9. The number of alkyl halides is 3. The number of fused-ring (bicyclic) bond motifs is 1. The Morgan fingerprint density at radius 1 is 1.14 bits per heavy atom. The highest BCUT2D eigenvalue weighted by Crippen LogP contribution is 2.37. The van der Waals surface area contributed by atoms with Gasteiger partial charge in [0, 0.05) is 49.1 Å². The molecule has 0 bridgehead atoms. The summed E-state index contributed by atoms with van der Waals surface area (Å²) >= 11 is 0. The minimum atomic E-state index is -4.71. The lowest BCUT2D eigenvalue weighted by atomic mass is 10.1. The standard InChI is InChI=1S/C27H26F3N9O3/c1-16-2-3-18(35-34-16)14-38-15-20(23(36-38)27(28,29)30)21-13-32-25-24(31-6-7-39(21)25)33-17-4-5-19(22(40)12-17)26(41)37-8-10-42-11-9-37/h4-7,12-13,15,40H,2-3,8-11,14H2,1H3,(H,31,33). The number of amides is 1. The van der Waals surface area contributed by atoms with Crippen molar-refractivity contribution in [3.05, 3.63) is 54.2 Å². The van der Waals surface area contributed by atoms with Gasteiger partial charge in [-0.3, -0.25) is 13.9 Å². The highest BCUT2D eigenvalue weighted by Gasteiger charge is 2.38. The summed E-state index contributed by atoms with van der Waals surface area (Å²) < 4.78 is 50.1. The lowest BCUT2D eigenvalue weighted by Crippen LogP contribution is -2.40. The Kier molecular flexibility index (Phi) is 7.10. The number of nitrogens with one attached hydrogen (secondary N) is 1. The number of anilines is 2. The second-order valence-corrected chi connectivity index (χ2v) is 9.96. The lowest BCUT2D eigenvalue weighted by Gasteiger charge is -2.27. The van der Waals surface area contributed by atoms with Crippen LogP contribution >= 0.6 is 0 Å². The molecule has 15 heteroatoms. The Bertz CT molecular complexity index is 1720. The second-order valence-electron chi connectivity index (χ2n) is 9.96. The van der Waals surface area contributed by atoms with E-state index in [4.69, 9.17) is 4.74 Å². The number of ether oxygens (including phenoxy) is 1. The first-order valence-corrected chi connectivity index (χ1v) is 13.2. The van der Waals surface area contributed by atoms with Crippen LogP contribution in [0.25, 0.3) is 16.9 Å². The predicted molar refractivity (Wildman–Crippen MR) is 147 cm³/mol. The molecule has 4 aromatic rings. The smallest absolute Gasteiger partial charge is 0.435 e. The van der Waals surface area contributed by atoms with E-state index < -0.39 is 11.9 Å². The largest absolute Gasteiger partial charge is 0.507 e. The maximum Gasteiger partial charge on any atom is 0.435 e. The molecule has 2 aliphatic rings. The van der Waals surface area contributed by atoms with Crippen LogP contribution < -0.4 is 5.32 Å². The van der Waals surface area contributed by atoms with Crippen molar-refractivity contribution in [3.8, 4) is 17.0 Å². The molecule has 1 fully saturated rings. The molecule has 42 heavy (non-hydrogen) atoms. The number of aromatic hydroxyl groups is 1. The molecule has 3 aromatic heterocycles. The number of nitrogens with zero attached hydrogens (tertiary/aromatic N) is 8. The quantitative estimate of drug-likeness (QED) is 0.350. The third kappa shape index (κ3) is 5.42. The molecule has 12 nitrogen and oxygen atoms in total. The number of morpholine rings is 1. The van der Waals surface area contributed by atoms with E-state index in [0.29, 0.717) is 50.5 Å². The molecule has 1 aromatic carbocycles. The number of phenols is 1. The maximum absolute atomic E-state index is 14.1. The van der Waals surface area contributed by atoms with Gasteiger partial charge in [0.1, 0.15) is 5.75 Å². The zero-order valence-corrected chi connectivity index (χ0v) is 22.5. The molecular formula is C27H26F3N9O3. The topological polar surface area (TPSA) is 135 Å². The lowest BCUT2D eigenvalue weighted by molar-refractivity contribution is -0.141. The maximum atomic E-state index is 14.1. The van der Waals surface area contributed by atoms with E-state index in [1.807, 2.05) is 6.92 Å². The number of halogens is 3. The monoisotopic (exact) mass is 581 g/mol. The van der Waals surface area contributed by atoms with Crippen LogP contribution in [0.4, 0.5) is 24.7 Å². The van der Waals surface area contributed by atoms with Gasteiger partial charge < -0.3 is 20.1 Å². The van der Waals surface area contributed by atoms with E-state index in [9.17, 15) is 23.1 Å². The van der Waals surface area contributed by atoms with Gasteiger partial charge in [0.15, 0.2) is 17.2 Å². The summed E-state index contributed by atoms with van der Waals surface area (Å²) in [6.45, 7) is 3.67. The Morgan fingerprint density at radius 3 is 2.67 bits per heavy atom. The Labute approximate surface area is 237 Å². The van der Waals surface area contributed by atoms with Gasteiger partial charge in [-0.15, -0.1) is 0 Å². The molecule has 0 aliphatic carbocycles. The van der Waals surface area contributed by atoms with Gasteiger partial charge in [-0.2, -0.15) is 28.5 Å². The molecular weight excluding hydrogens is 555 g/mol. The average Bonchev–Trinajstić information content (AvgIpc) is 3.59. The molecule has 218 valence electrons. The molecule has 0 spiro atoms. The van der Waals surface area contributed by atoms with E-state index in [2.05, 4.69) is 30.6 Å². The van der Waals surface area contributed by atoms with E-state index in [0.717, 1.165) is 5.71 Å². The van der Waals surface area contributed by atoms with Gasteiger partial charge >= 0.3 is 6.18 Å². The summed E-state index contributed by atoms with van der Waals surface area (Å²) in [5.41, 5.74) is 1.29. The van der Waals surface area contributed by atoms with Crippen LogP contribution in [0.5, 0.6) is 5.75 Å². The minimum Gasteiger partial charge on any atom is -0.507 e. The van der Waals surface area contributed by atoms with Crippen LogP contribution in [0.1, 0.15) is 35.8 Å². The fraction of sp³-hybridized carbons (Fsp3) is 0.333. The Morgan fingerprint density at radius 2 is 1.95 bits per heavy atom. The van der Waals surface area contributed by atoms with Crippen LogP contribution in [0.15, 0.2) is 53.2 Å². The number of rotatable bonds is 6. The van der Waals surface area contributed by atoms with E-state index in [1.54, 1.807) is 11.0 Å². The fourth-order valence-electron chi connectivity index (χ4n) is 4.85. The predicted octanol–water partition coefficient (Wildman–Crippen LogP) is 4.14. The first-order valence-electron chi connectivity index (χ1n) is 13.2. The highest BCUT2D eigenvalue weighted by molar-refractivity contribution is 5.97. The zero-order valence-electron chi connectivity index (χ0n) is 22.5. The number of carbonyl (C=O) groups is 1. The fourth-order valence-corrected chi connectivity index (χ4v) is 4.85. The minimum absolute atomic E-state index is 0.0818. The SMILES string of the molecule is CC1=NN=C(Cn2cc(-c3cnc4c(Nc5ccc(C(=O)N6CCOCC6)c(O)c5)nccn34)c(C(F)(F)F)n2)CC1. The molecule has 0 atom stereocenters. The molecule has 0 saturated carbocycles. The van der Waals surface area contributed by atoms with Crippen molar-refractivity contribution in [3.63, 3.8) is 0 Å². The van der Waals surface area contributed by atoms with Crippen molar-refractivity contribution in [1.29, 1.82) is 0 Å². The number of phenolic OH excluding ortho intramolecular Hbond substituents is 1. The third-order valence-electron chi connectivity index (χ3n) is 7.01. The van der Waals surface area contributed by atoms with Crippen molar-refractivity contribution in [2.45, 2.75) is 32.5 Å². The van der Waals surface area contributed by atoms with Crippen LogP contribution in [0.2, 0.25) is 0 Å². The molecule has 0 radical (unpaired) electrons. The van der Waals surface area contributed by atoms with E-state index in [-0.39, 0.29) is 46.5 Å². The average molecular weight is 582 g/mol. The third-order valence-corrected chi connectivity index (χ3v) is 7.01. The number of carbonyl (C=O) groups excluding carboxylic acids is 1. The summed E-state index contributed by atoms with van der Waals surface area (Å²) in [5, 5.41) is 25.6. The summed E-state index contributed by atoms with van der Waals surface area (Å²) in [5.74, 6) is -0.292. The molecule has 5 heterocycles. The van der Waals surface area contributed by atoms with E-state index >= 15 is 0 Å². The number of hydrogen-bond donors (Lipinski definition) is 2. The summed E-state index contributed by atoms with van der Waals surface area (Å²) in [6, 6.07) is 4.49.